The molecule has 1 aromatic heterocycles. The molecule has 0 saturated heterocycles. The van der Waals surface area contributed by atoms with Crippen LogP contribution in [-0.4, -0.2) is 28.2 Å². The number of aromatic amines is 1. The summed E-state index contributed by atoms with van der Waals surface area (Å²) in [5.74, 6) is 0. The van der Waals surface area contributed by atoms with E-state index in [0.29, 0.717) is 0 Å². The molecular weight excluding hydrogens is 178 g/mol. The lowest BCUT2D eigenvalue weighted by molar-refractivity contribution is 0.251. The number of nitrogens with one attached hydrogen (secondary N) is 1. The Labute approximate surface area is 82.9 Å². The van der Waals surface area contributed by atoms with Crippen molar-refractivity contribution >= 4 is 0 Å². The van der Waals surface area contributed by atoms with Crippen LogP contribution in [0.4, 0.5) is 0 Å². The van der Waals surface area contributed by atoms with Crippen molar-refractivity contribution in [3.05, 3.63) is 27.7 Å². The number of hydrogen-bond acceptors (Lipinski definition) is 3. The van der Waals surface area contributed by atoms with Crippen molar-refractivity contribution in [3.8, 4) is 0 Å². The first-order chi connectivity index (χ1) is 6.79. The third-order valence-corrected chi connectivity index (χ3v) is 2.58. The van der Waals surface area contributed by atoms with Crippen molar-refractivity contribution in [2.75, 3.05) is 13.1 Å². The van der Waals surface area contributed by atoms with Crippen molar-refractivity contribution in [2.45, 2.75) is 26.3 Å². The van der Waals surface area contributed by atoms with Gasteiger partial charge in [0.1, 0.15) is 0 Å². The van der Waals surface area contributed by atoms with Gasteiger partial charge in [0.05, 0.1) is 5.69 Å². The van der Waals surface area contributed by atoms with Gasteiger partial charge in [-0.1, -0.05) is 6.92 Å². The lowest BCUT2D eigenvalue weighted by Gasteiger charge is -2.26. The molecule has 0 unspecified atom stereocenters. The average molecular weight is 193 g/mol. The Balaban J connectivity index is 2.20. The number of aromatic nitrogens is 2. The highest BCUT2D eigenvalue weighted by Gasteiger charge is 2.16. The lowest BCUT2D eigenvalue weighted by Crippen LogP contribution is -2.33. The number of hydrogen-bond donors (Lipinski definition) is 1. The topological polar surface area (TPSA) is 49.0 Å². The zero-order valence-electron chi connectivity index (χ0n) is 8.42. The summed E-state index contributed by atoms with van der Waals surface area (Å²) in [6, 6.07) is 1.67. The minimum absolute atomic E-state index is 0.0953. The van der Waals surface area contributed by atoms with E-state index in [0.717, 1.165) is 43.7 Å². The molecule has 0 radical (unpaired) electrons. The standard InChI is InChI=1S/C10H15N3O/c1-2-4-13-5-3-9-8(7-13)6-10(14)12-11-9/h6H,2-5,7H2,1H3,(H,12,14). The molecule has 0 amide bonds. The number of rotatable bonds is 2. The first-order valence-corrected chi connectivity index (χ1v) is 5.09. The van der Waals surface area contributed by atoms with Crippen LogP contribution >= 0.6 is 0 Å². The van der Waals surface area contributed by atoms with Crippen LogP contribution in [0, 0.1) is 0 Å². The van der Waals surface area contributed by atoms with Crippen molar-refractivity contribution in [1.29, 1.82) is 0 Å². The average Bonchev–Trinajstić information content (AvgIpc) is 2.17. The molecule has 76 valence electrons. The van der Waals surface area contributed by atoms with E-state index < -0.39 is 0 Å². The van der Waals surface area contributed by atoms with Gasteiger partial charge in [-0.2, -0.15) is 5.10 Å². The fourth-order valence-corrected chi connectivity index (χ4v) is 1.91. The highest BCUT2D eigenvalue weighted by Crippen LogP contribution is 2.14. The maximum Gasteiger partial charge on any atom is 0.264 e. The highest BCUT2D eigenvalue weighted by molar-refractivity contribution is 5.19. The van der Waals surface area contributed by atoms with E-state index in [1.807, 2.05) is 0 Å². The molecule has 0 aliphatic carbocycles. The third-order valence-electron chi connectivity index (χ3n) is 2.58. The van der Waals surface area contributed by atoms with Crippen molar-refractivity contribution in [3.63, 3.8) is 0 Å². The summed E-state index contributed by atoms with van der Waals surface area (Å²) < 4.78 is 0. The second-order valence-corrected chi connectivity index (χ2v) is 3.73. The molecule has 2 heterocycles. The van der Waals surface area contributed by atoms with E-state index in [-0.39, 0.29) is 5.56 Å². The van der Waals surface area contributed by atoms with Crippen molar-refractivity contribution in [1.82, 2.24) is 15.1 Å². The van der Waals surface area contributed by atoms with Gasteiger partial charge in [0.15, 0.2) is 0 Å². The summed E-state index contributed by atoms with van der Waals surface area (Å²) in [6.45, 7) is 5.21. The van der Waals surface area contributed by atoms with Gasteiger partial charge in [0.2, 0.25) is 0 Å². The molecule has 1 N–H and O–H groups in total. The largest absolute Gasteiger partial charge is 0.299 e. The summed E-state index contributed by atoms with van der Waals surface area (Å²) in [5, 5.41) is 6.53. The minimum Gasteiger partial charge on any atom is -0.299 e. The van der Waals surface area contributed by atoms with Crippen LogP contribution in [0.5, 0.6) is 0 Å². The summed E-state index contributed by atoms with van der Waals surface area (Å²) in [6.07, 6.45) is 2.11. The molecule has 4 heteroatoms. The first kappa shape index (κ1) is 9.40. The van der Waals surface area contributed by atoms with Gasteiger partial charge in [-0.3, -0.25) is 9.69 Å². The van der Waals surface area contributed by atoms with E-state index in [1.54, 1.807) is 6.07 Å². The monoisotopic (exact) mass is 193 g/mol. The normalized spacial score (nSPS) is 16.6. The van der Waals surface area contributed by atoms with Gasteiger partial charge in [0.25, 0.3) is 5.56 Å². The molecule has 0 spiro atoms. The van der Waals surface area contributed by atoms with Crippen LogP contribution in [0.1, 0.15) is 24.6 Å². The first-order valence-electron chi connectivity index (χ1n) is 5.09. The molecule has 0 atom stereocenters. The number of fused-ring (bicyclic) bond motifs is 1. The van der Waals surface area contributed by atoms with Crippen molar-refractivity contribution < 1.29 is 0 Å². The van der Waals surface area contributed by atoms with Gasteiger partial charge in [-0.05, 0) is 18.5 Å². The van der Waals surface area contributed by atoms with Gasteiger partial charge in [0, 0.05) is 25.6 Å². The van der Waals surface area contributed by atoms with Crippen molar-refractivity contribution in [2.24, 2.45) is 0 Å². The molecule has 0 fully saturated rings. The second-order valence-electron chi connectivity index (χ2n) is 3.73. The zero-order chi connectivity index (χ0) is 9.97. The Bertz CT molecular complexity index is 372. The molecular formula is C10H15N3O. The molecule has 1 aromatic rings. The molecule has 0 aromatic carbocycles. The molecule has 2 rings (SSSR count). The predicted molar refractivity (Wildman–Crippen MR) is 54.1 cm³/mol. The number of H-pyrrole nitrogens is 1. The van der Waals surface area contributed by atoms with Crippen LogP contribution in [0.25, 0.3) is 0 Å². The summed E-state index contributed by atoms with van der Waals surface area (Å²) in [4.78, 5) is 13.4. The van der Waals surface area contributed by atoms with E-state index in [4.69, 9.17) is 0 Å². The third kappa shape index (κ3) is 1.85. The van der Waals surface area contributed by atoms with Gasteiger partial charge in [-0.15, -0.1) is 0 Å². The molecule has 14 heavy (non-hydrogen) atoms. The molecule has 4 nitrogen and oxygen atoms in total. The molecule has 1 aliphatic heterocycles. The molecule has 0 bridgehead atoms. The van der Waals surface area contributed by atoms with E-state index >= 15 is 0 Å². The van der Waals surface area contributed by atoms with E-state index in [2.05, 4.69) is 22.0 Å². The van der Waals surface area contributed by atoms with Gasteiger partial charge in [-0.25, -0.2) is 5.10 Å². The smallest absolute Gasteiger partial charge is 0.264 e. The summed E-state index contributed by atoms with van der Waals surface area (Å²) in [7, 11) is 0. The fourth-order valence-electron chi connectivity index (χ4n) is 1.91. The predicted octanol–water partition coefficient (Wildman–Crippen LogP) is 0.538. The summed E-state index contributed by atoms with van der Waals surface area (Å²) in [5.41, 5.74) is 2.05. The Morgan fingerprint density at radius 3 is 3.29 bits per heavy atom. The van der Waals surface area contributed by atoms with Crippen LogP contribution in [-0.2, 0) is 13.0 Å². The van der Waals surface area contributed by atoms with Crippen LogP contribution in [0.2, 0.25) is 0 Å². The zero-order valence-corrected chi connectivity index (χ0v) is 8.42. The van der Waals surface area contributed by atoms with Gasteiger partial charge < -0.3 is 0 Å². The Morgan fingerprint density at radius 1 is 1.64 bits per heavy atom. The maximum absolute atomic E-state index is 11.1. The Hall–Kier alpha value is -1.16. The Morgan fingerprint density at radius 2 is 2.50 bits per heavy atom. The number of nitrogens with zero attached hydrogens (tertiary/aromatic N) is 2. The fraction of sp³-hybridized carbons (Fsp3) is 0.600. The van der Waals surface area contributed by atoms with E-state index in [1.165, 1.54) is 0 Å². The minimum atomic E-state index is -0.0953. The Kier molecular flexibility index (Phi) is 2.63. The highest BCUT2D eigenvalue weighted by atomic mass is 16.1. The molecule has 0 saturated carbocycles. The quantitative estimate of drug-likeness (QED) is 0.745. The van der Waals surface area contributed by atoms with Gasteiger partial charge >= 0.3 is 0 Å². The summed E-state index contributed by atoms with van der Waals surface area (Å²) >= 11 is 0. The lowest BCUT2D eigenvalue weighted by atomic mass is 10.1. The maximum atomic E-state index is 11.1. The molecule has 1 aliphatic rings. The van der Waals surface area contributed by atoms with Crippen LogP contribution in [0.15, 0.2) is 10.9 Å². The SMILES string of the molecule is CCCN1CCc2n[nH]c(=O)cc2C1. The van der Waals surface area contributed by atoms with E-state index in [9.17, 15) is 4.79 Å². The second kappa shape index (κ2) is 3.92. The van der Waals surface area contributed by atoms with Crippen LogP contribution < -0.4 is 5.56 Å². The van der Waals surface area contributed by atoms with Crippen LogP contribution in [0.3, 0.4) is 0 Å².